The molecule has 166 valence electrons. The molecule has 1 fully saturated rings. The van der Waals surface area contributed by atoms with Crippen molar-refractivity contribution < 1.29 is 22.8 Å². The van der Waals surface area contributed by atoms with E-state index in [0.717, 1.165) is 39.3 Å². The molecule has 8 heteroatoms. The summed E-state index contributed by atoms with van der Waals surface area (Å²) >= 11 is 7.75. The van der Waals surface area contributed by atoms with Crippen molar-refractivity contribution in [2.75, 3.05) is 4.90 Å². The molecule has 3 aliphatic carbocycles. The van der Waals surface area contributed by atoms with Gasteiger partial charge in [0, 0.05) is 0 Å². The van der Waals surface area contributed by atoms with Crippen LogP contribution in [0.4, 0.5) is 18.9 Å². The average Bonchev–Trinajstić information content (AvgIpc) is 3.08. The molecule has 4 aliphatic rings. The van der Waals surface area contributed by atoms with Crippen molar-refractivity contribution >= 4 is 49.4 Å². The second-order valence-corrected chi connectivity index (χ2v) is 11.0. The van der Waals surface area contributed by atoms with Gasteiger partial charge in [0.15, 0.2) is 0 Å². The maximum Gasteiger partial charge on any atom is 0.416 e. The minimum atomic E-state index is -4.59. The lowest BCUT2D eigenvalue weighted by Crippen LogP contribution is -2.56. The van der Waals surface area contributed by atoms with E-state index in [4.69, 9.17) is 0 Å². The number of hydrogen-bond donors (Lipinski definition) is 0. The molecule has 0 aromatic heterocycles. The molecule has 3 nitrogen and oxygen atoms in total. The van der Waals surface area contributed by atoms with Crippen molar-refractivity contribution in [3.05, 3.63) is 101 Å². The molecule has 3 aromatic carbocycles. The summed E-state index contributed by atoms with van der Waals surface area (Å²) in [4.78, 5) is 28.6. The van der Waals surface area contributed by atoms with Gasteiger partial charge in [0.1, 0.15) is 0 Å². The van der Waals surface area contributed by atoms with Crippen molar-refractivity contribution in [3.63, 3.8) is 0 Å². The molecule has 2 bridgehead atoms. The number of imide groups is 1. The van der Waals surface area contributed by atoms with E-state index in [0.29, 0.717) is 0 Å². The van der Waals surface area contributed by atoms with Crippen LogP contribution in [0.5, 0.6) is 0 Å². The Labute approximate surface area is 203 Å². The lowest BCUT2D eigenvalue weighted by atomic mass is 9.54. The fourth-order valence-electron chi connectivity index (χ4n) is 5.74. The number of anilines is 1. The molecule has 0 spiro atoms. The highest BCUT2D eigenvalue weighted by Gasteiger charge is 2.72. The fourth-order valence-corrected chi connectivity index (χ4v) is 8.05. The SMILES string of the molecule is O=C1[C@@H]2[C@@H](C(=O)N1c1cccc(C(F)(F)F)c1)C1(Br)c3ccccc3C2(Br)c2ccccc21. The Morgan fingerprint density at radius 2 is 1.12 bits per heavy atom. The van der Waals surface area contributed by atoms with Gasteiger partial charge >= 0.3 is 6.18 Å². The largest absolute Gasteiger partial charge is 0.416 e. The summed E-state index contributed by atoms with van der Waals surface area (Å²) in [5, 5.41) is 0. The van der Waals surface area contributed by atoms with E-state index < -0.39 is 44.0 Å². The number of halogens is 5. The summed E-state index contributed by atoms with van der Waals surface area (Å²) in [5.74, 6) is -2.70. The van der Waals surface area contributed by atoms with Crippen molar-refractivity contribution in [2.24, 2.45) is 11.8 Å². The molecule has 2 amide bonds. The van der Waals surface area contributed by atoms with E-state index in [1.54, 1.807) is 0 Å². The molecule has 1 aliphatic heterocycles. The third-order valence-corrected chi connectivity index (χ3v) is 9.71. The molecule has 0 N–H and O–H groups in total. The third-order valence-electron chi connectivity index (χ3n) is 7.02. The molecular weight excluding hydrogens is 563 g/mol. The quantitative estimate of drug-likeness (QED) is 0.259. The van der Waals surface area contributed by atoms with Gasteiger partial charge in [-0.2, -0.15) is 13.2 Å². The molecule has 7 rings (SSSR count). The highest BCUT2D eigenvalue weighted by molar-refractivity contribution is 9.10. The molecular formula is C25H14Br2F3NO2. The Kier molecular flexibility index (Phi) is 4.20. The van der Waals surface area contributed by atoms with E-state index in [-0.39, 0.29) is 5.69 Å². The monoisotopic (exact) mass is 575 g/mol. The van der Waals surface area contributed by atoms with Gasteiger partial charge in [-0.1, -0.05) is 86.5 Å². The van der Waals surface area contributed by atoms with Crippen molar-refractivity contribution in [2.45, 2.75) is 14.8 Å². The van der Waals surface area contributed by atoms with Gasteiger partial charge < -0.3 is 0 Å². The summed E-state index contributed by atoms with van der Waals surface area (Å²) < 4.78 is 38.1. The van der Waals surface area contributed by atoms with Crippen LogP contribution in [-0.2, 0) is 24.4 Å². The highest BCUT2D eigenvalue weighted by Crippen LogP contribution is 2.70. The minimum absolute atomic E-state index is 0.0751. The second kappa shape index (κ2) is 6.57. The molecule has 0 saturated carbocycles. The number of alkyl halides is 5. The van der Waals surface area contributed by atoms with E-state index in [9.17, 15) is 22.8 Å². The summed E-state index contributed by atoms with van der Waals surface area (Å²) in [7, 11) is 0. The van der Waals surface area contributed by atoms with Crippen LogP contribution in [0.1, 0.15) is 27.8 Å². The Bertz CT molecular complexity index is 1250. The minimum Gasteiger partial charge on any atom is -0.274 e. The first kappa shape index (κ1) is 21.1. The second-order valence-electron chi connectivity index (χ2n) is 8.53. The zero-order valence-electron chi connectivity index (χ0n) is 16.7. The summed E-state index contributed by atoms with van der Waals surface area (Å²) in [6.07, 6.45) is -4.59. The van der Waals surface area contributed by atoms with Crippen LogP contribution in [0.2, 0.25) is 0 Å². The first-order valence-electron chi connectivity index (χ1n) is 10.2. The smallest absolute Gasteiger partial charge is 0.274 e. The molecule has 3 aromatic rings. The van der Waals surface area contributed by atoms with Crippen molar-refractivity contribution in [3.8, 4) is 0 Å². The molecule has 0 unspecified atom stereocenters. The predicted octanol–water partition coefficient (Wildman–Crippen LogP) is 6.12. The number of nitrogens with zero attached hydrogens (tertiary/aromatic N) is 1. The summed E-state index contributed by atoms with van der Waals surface area (Å²) in [5.41, 5.74) is 2.49. The van der Waals surface area contributed by atoms with Gasteiger partial charge in [-0.3, -0.25) is 9.59 Å². The Morgan fingerprint density at radius 1 is 0.697 bits per heavy atom. The van der Waals surface area contributed by atoms with Crippen LogP contribution in [0, 0.1) is 11.8 Å². The Balaban J connectivity index is 1.60. The standard InChI is InChI=1S/C25H14Br2F3NO2/c26-23-15-8-1-2-9-16(15)24(27,18-11-4-3-10-17(18)23)20-19(23)21(32)31(22(20)33)14-7-5-6-13(12-14)25(28,29)30/h1-12,19-20H/t19-,20-,23?,24?/m0/s1. The number of rotatable bonds is 1. The van der Waals surface area contributed by atoms with Crippen LogP contribution in [0.3, 0.4) is 0 Å². The number of benzene rings is 3. The molecule has 0 radical (unpaired) electrons. The fraction of sp³-hybridized carbons (Fsp3) is 0.200. The molecule has 1 heterocycles. The lowest BCUT2D eigenvalue weighted by Gasteiger charge is -2.55. The topological polar surface area (TPSA) is 37.4 Å². The van der Waals surface area contributed by atoms with Crippen molar-refractivity contribution in [1.82, 2.24) is 0 Å². The van der Waals surface area contributed by atoms with Crippen LogP contribution in [-0.4, -0.2) is 11.8 Å². The number of carbonyl (C=O) groups is 2. The van der Waals surface area contributed by atoms with Gasteiger partial charge in [0.2, 0.25) is 11.8 Å². The first-order valence-corrected chi connectivity index (χ1v) is 11.8. The summed E-state index contributed by atoms with van der Waals surface area (Å²) in [6.45, 7) is 0. The number of hydrogen-bond acceptors (Lipinski definition) is 2. The Hall–Kier alpha value is -2.45. The van der Waals surface area contributed by atoms with Gasteiger partial charge in [0.25, 0.3) is 0 Å². The van der Waals surface area contributed by atoms with Gasteiger partial charge in [-0.25, -0.2) is 4.90 Å². The van der Waals surface area contributed by atoms with Crippen LogP contribution < -0.4 is 4.90 Å². The Morgan fingerprint density at radius 3 is 1.52 bits per heavy atom. The molecule has 2 atom stereocenters. The van der Waals surface area contributed by atoms with Gasteiger partial charge in [-0.05, 0) is 40.5 Å². The number of amides is 2. The lowest BCUT2D eigenvalue weighted by molar-refractivity contribution is -0.137. The van der Waals surface area contributed by atoms with E-state index >= 15 is 0 Å². The van der Waals surface area contributed by atoms with E-state index in [1.807, 2.05) is 48.5 Å². The molecule has 33 heavy (non-hydrogen) atoms. The normalized spacial score (nSPS) is 29.7. The van der Waals surface area contributed by atoms with E-state index in [2.05, 4.69) is 31.9 Å². The van der Waals surface area contributed by atoms with Crippen LogP contribution in [0.25, 0.3) is 0 Å². The van der Waals surface area contributed by atoms with E-state index in [1.165, 1.54) is 12.1 Å². The summed E-state index contributed by atoms with van der Waals surface area (Å²) in [6, 6.07) is 19.6. The zero-order chi connectivity index (χ0) is 23.3. The van der Waals surface area contributed by atoms with Crippen molar-refractivity contribution in [1.29, 1.82) is 0 Å². The third kappa shape index (κ3) is 2.46. The molecule has 1 saturated heterocycles. The zero-order valence-corrected chi connectivity index (χ0v) is 19.9. The first-order chi connectivity index (χ1) is 15.6. The van der Waals surface area contributed by atoms with Crippen LogP contribution >= 0.6 is 31.9 Å². The maximum atomic E-state index is 13.8. The predicted molar refractivity (Wildman–Crippen MR) is 123 cm³/mol. The number of carbonyl (C=O) groups excluding carboxylic acids is 2. The van der Waals surface area contributed by atoms with Crippen LogP contribution in [0.15, 0.2) is 72.8 Å². The van der Waals surface area contributed by atoms with Gasteiger partial charge in [0.05, 0.1) is 31.7 Å². The maximum absolute atomic E-state index is 13.8. The highest BCUT2D eigenvalue weighted by atomic mass is 79.9. The average molecular weight is 577 g/mol. The van der Waals surface area contributed by atoms with Gasteiger partial charge in [-0.15, -0.1) is 0 Å².